The highest BCUT2D eigenvalue weighted by Crippen LogP contribution is 2.36. The molecule has 0 N–H and O–H groups in total. The lowest BCUT2D eigenvalue weighted by molar-refractivity contribution is -0.169. The maximum atomic E-state index is 13.7. The van der Waals surface area contributed by atoms with E-state index >= 15 is 0 Å². The average Bonchev–Trinajstić information content (AvgIpc) is 3.56. The Morgan fingerprint density at radius 3 is 2.56 bits per heavy atom. The van der Waals surface area contributed by atoms with Crippen molar-refractivity contribution < 1.29 is 23.7 Å². The Labute approximate surface area is 246 Å². The summed E-state index contributed by atoms with van der Waals surface area (Å²) in [5, 5.41) is 0. The minimum Gasteiger partial charge on any atom is -0.493 e. The number of piperidine rings is 1. The van der Waals surface area contributed by atoms with Crippen LogP contribution in [0, 0.1) is 0 Å². The smallest absolute Gasteiger partial charge is 0.267 e. The zero-order chi connectivity index (χ0) is 28.6. The van der Waals surface area contributed by atoms with Gasteiger partial charge in [0.2, 0.25) is 0 Å². The zero-order valence-corrected chi connectivity index (χ0v) is 24.5. The number of hydrogen-bond acceptors (Lipinski definition) is 10. The molecule has 0 unspecified atom stereocenters. The third kappa shape index (κ3) is 5.32. The molecule has 5 heterocycles. The molecule has 1 spiro atoms. The molecule has 2 aromatic heterocycles. The maximum Gasteiger partial charge on any atom is 0.267 e. The molecule has 3 aliphatic rings. The Kier molecular flexibility index (Phi) is 7.73. The number of fused-ring (bicyclic) bond motifs is 1. The van der Waals surface area contributed by atoms with Crippen LogP contribution in [0.4, 0.5) is 5.82 Å². The van der Waals surface area contributed by atoms with E-state index in [1.807, 2.05) is 24.3 Å². The highest BCUT2D eigenvalue weighted by atomic mass is 32.2. The Morgan fingerprint density at radius 1 is 1.07 bits per heavy atom. The summed E-state index contributed by atoms with van der Waals surface area (Å²) in [5.74, 6) is 1.03. The van der Waals surface area contributed by atoms with Crippen LogP contribution in [0.1, 0.15) is 24.0 Å². The summed E-state index contributed by atoms with van der Waals surface area (Å²) in [6.07, 6.45) is 5.24. The van der Waals surface area contributed by atoms with E-state index in [1.54, 1.807) is 43.5 Å². The van der Waals surface area contributed by atoms with Crippen molar-refractivity contribution in [2.24, 2.45) is 0 Å². The number of benzene rings is 1. The summed E-state index contributed by atoms with van der Waals surface area (Å²) in [7, 11) is 3.18. The number of carbonyl (C=O) groups is 1. The van der Waals surface area contributed by atoms with Gasteiger partial charge in [0.25, 0.3) is 11.5 Å². The van der Waals surface area contributed by atoms with Gasteiger partial charge >= 0.3 is 0 Å². The number of thiocarbonyl (C=S) groups is 1. The molecule has 0 saturated carbocycles. The molecular formula is C29H30N4O6S2. The fourth-order valence-electron chi connectivity index (χ4n) is 5.40. The SMILES string of the molecule is COc1ccc(CCN2C(=O)C(=Cc3c(N4CCC5(CC4)OCCO5)nc4ccccn4c3=O)SC2=S)cc1OC. The number of nitrogens with zero attached hydrogens (tertiary/aromatic N) is 4. The number of pyridine rings is 1. The third-order valence-electron chi connectivity index (χ3n) is 7.61. The van der Waals surface area contributed by atoms with Gasteiger partial charge in [0.1, 0.15) is 15.8 Å². The first kappa shape index (κ1) is 27.7. The van der Waals surface area contributed by atoms with E-state index in [9.17, 15) is 9.59 Å². The second-order valence-corrected chi connectivity index (χ2v) is 11.6. The molecule has 3 saturated heterocycles. The molecule has 1 amide bonds. The predicted octanol–water partition coefficient (Wildman–Crippen LogP) is 3.50. The van der Waals surface area contributed by atoms with Crippen LogP contribution in [0.2, 0.25) is 0 Å². The molecule has 214 valence electrons. The number of thioether (sulfide) groups is 1. The van der Waals surface area contributed by atoms with Crippen molar-refractivity contribution in [2.45, 2.75) is 25.0 Å². The summed E-state index contributed by atoms with van der Waals surface area (Å²) in [6, 6.07) is 11.1. The molecule has 3 aromatic rings. The monoisotopic (exact) mass is 594 g/mol. The Morgan fingerprint density at radius 2 is 1.83 bits per heavy atom. The van der Waals surface area contributed by atoms with E-state index in [2.05, 4.69) is 4.90 Å². The van der Waals surface area contributed by atoms with Crippen LogP contribution in [0.5, 0.6) is 11.5 Å². The van der Waals surface area contributed by atoms with Crippen molar-refractivity contribution in [3.05, 3.63) is 69.0 Å². The van der Waals surface area contributed by atoms with E-state index < -0.39 is 5.79 Å². The first-order valence-electron chi connectivity index (χ1n) is 13.4. The lowest BCUT2D eigenvalue weighted by Gasteiger charge is -2.38. The molecule has 1 aromatic carbocycles. The standard InChI is InChI=1S/C29H30N4O6S2/c1-36-21-7-6-19(17-22(21)37-2)8-12-33-27(35)23(41-28(33)40)18-20-25(30-24-5-3-4-11-32(24)26(20)34)31-13-9-29(10-14-31)38-15-16-39-29/h3-7,11,17-18H,8-10,12-16H2,1-2H3. The van der Waals surface area contributed by atoms with Crippen LogP contribution in [0.15, 0.2) is 52.3 Å². The van der Waals surface area contributed by atoms with Crippen LogP contribution in [-0.2, 0) is 20.7 Å². The quantitative estimate of drug-likeness (QED) is 0.299. The van der Waals surface area contributed by atoms with Gasteiger partial charge in [-0.25, -0.2) is 4.98 Å². The van der Waals surface area contributed by atoms with Gasteiger partial charge in [-0.15, -0.1) is 0 Å². The maximum absolute atomic E-state index is 13.7. The normalized spacial score (nSPS) is 19.6. The zero-order valence-electron chi connectivity index (χ0n) is 22.8. The molecule has 0 bridgehead atoms. The van der Waals surface area contributed by atoms with Gasteiger partial charge in [0, 0.05) is 38.7 Å². The number of ether oxygens (including phenoxy) is 4. The number of rotatable bonds is 7. The summed E-state index contributed by atoms with van der Waals surface area (Å²) < 4.78 is 24.4. The minimum absolute atomic E-state index is 0.227. The molecular weight excluding hydrogens is 564 g/mol. The highest BCUT2D eigenvalue weighted by Gasteiger charge is 2.41. The Bertz CT molecular complexity index is 1590. The van der Waals surface area contributed by atoms with Gasteiger partial charge in [-0.1, -0.05) is 36.1 Å². The minimum atomic E-state index is -0.557. The third-order valence-corrected chi connectivity index (χ3v) is 8.99. The summed E-state index contributed by atoms with van der Waals surface area (Å²) in [4.78, 5) is 36.2. The van der Waals surface area contributed by atoms with Gasteiger partial charge in [-0.2, -0.15) is 0 Å². The molecule has 0 atom stereocenters. The first-order chi connectivity index (χ1) is 19.9. The number of carbonyl (C=O) groups excluding carboxylic acids is 1. The lowest BCUT2D eigenvalue weighted by Crippen LogP contribution is -2.46. The second-order valence-electron chi connectivity index (χ2n) is 9.95. The topological polar surface area (TPSA) is 94.8 Å². The number of methoxy groups -OCH3 is 2. The van der Waals surface area contributed by atoms with E-state index in [0.29, 0.717) is 89.9 Å². The first-order valence-corrected chi connectivity index (χ1v) is 14.6. The Hall–Kier alpha value is -3.45. The van der Waals surface area contributed by atoms with E-state index in [0.717, 1.165) is 5.56 Å². The van der Waals surface area contributed by atoms with Crippen LogP contribution in [0.3, 0.4) is 0 Å². The number of aromatic nitrogens is 2. The molecule has 3 fully saturated rings. The predicted molar refractivity (Wildman–Crippen MR) is 161 cm³/mol. The van der Waals surface area contributed by atoms with Crippen molar-refractivity contribution >= 4 is 51.7 Å². The summed E-state index contributed by atoms with van der Waals surface area (Å²) in [6.45, 7) is 2.81. The molecule has 0 aliphatic carbocycles. The second kappa shape index (κ2) is 11.4. The van der Waals surface area contributed by atoms with Crippen molar-refractivity contribution in [3.8, 4) is 11.5 Å². The van der Waals surface area contributed by atoms with Crippen LogP contribution in [-0.4, -0.2) is 77.4 Å². The van der Waals surface area contributed by atoms with E-state index in [-0.39, 0.29) is 11.5 Å². The number of hydrogen-bond donors (Lipinski definition) is 0. The van der Waals surface area contributed by atoms with Crippen molar-refractivity contribution in [1.82, 2.24) is 14.3 Å². The highest BCUT2D eigenvalue weighted by molar-refractivity contribution is 8.26. The lowest BCUT2D eigenvalue weighted by atomic mass is 10.0. The van der Waals surface area contributed by atoms with Crippen molar-refractivity contribution in [3.63, 3.8) is 0 Å². The fraction of sp³-hybridized carbons (Fsp3) is 0.379. The average molecular weight is 595 g/mol. The molecule has 12 heteroatoms. The number of amides is 1. The Balaban J connectivity index is 1.28. The van der Waals surface area contributed by atoms with Crippen LogP contribution >= 0.6 is 24.0 Å². The van der Waals surface area contributed by atoms with Crippen LogP contribution < -0.4 is 19.9 Å². The summed E-state index contributed by atoms with van der Waals surface area (Å²) >= 11 is 6.79. The van der Waals surface area contributed by atoms with Crippen molar-refractivity contribution in [1.29, 1.82) is 0 Å². The van der Waals surface area contributed by atoms with Gasteiger partial charge in [-0.05, 0) is 42.3 Å². The number of anilines is 1. The van der Waals surface area contributed by atoms with Crippen molar-refractivity contribution in [2.75, 3.05) is 52.0 Å². The van der Waals surface area contributed by atoms with Crippen LogP contribution in [0.25, 0.3) is 11.7 Å². The molecule has 41 heavy (non-hydrogen) atoms. The van der Waals surface area contributed by atoms with E-state index in [1.165, 1.54) is 16.2 Å². The largest absolute Gasteiger partial charge is 0.493 e. The van der Waals surface area contributed by atoms with Gasteiger partial charge in [0.15, 0.2) is 17.3 Å². The summed E-state index contributed by atoms with van der Waals surface area (Å²) in [5.41, 5.74) is 1.65. The van der Waals surface area contributed by atoms with Gasteiger partial charge in [-0.3, -0.25) is 18.9 Å². The molecule has 10 nitrogen and oxygen atoms in total. The fourth-order valence-corrected chi connectivity index (χ4v) is 6.69. The molecule has 6 rings (SSSR count). The molecule has 0 radical (unpaired) electrons. The van der Waals surface area contributed by atoms with Gasteiger partial charge < -0.3 is 23.8 Å². The van der Waals surface area contributed by atoms with E-state index in [4.69, 9.17) is 36.1 Å². The molecule has 3 aliphatic heterocycles. The van der Waals surface area contributed by atoms with Gasteiger partial charge in [0.05, 0.1) is 37.9 Å².